The summed E-state index contributed by atoms with van der Waals surface area (Å²) in [6.45, 7) is 0. The standard InChI is InChI=1S/C16H20ClNO2/c17-12-5-4-6-13(11-12)18-15(19)20-14-7-10-16(14)8-2-1-3-9-16/h4-6,11,14H,1-3,7-10H2,(H,18,19)/t14-/m0/s1. The lowest BCUT2D eigenvalue weighted by Crippen LogP contribution is -2.49. The summed E-state index contributed by atoms with van der Waals surface area (Å²) >= 11 is 5.90. The minimum Gasteiger partial charge on any atom is -0.445 e. The highest BCUT2D eigenvalue weighted by Crippen LogP contribution is 2.53. The zero-order valence-electron chi connectivity index (χ0n) is 11.5. The van der Waals surface area contributed by atoms with E-state index in [-0.39, 0.29) is 17.6 Å². The number of rotatable bonds is 2. The van der Waals surface area contributed by atoms with E-state index >= 15 is 0 Å². The number of anilines is 1. The molecule has 0 aromatic heterocycles. The van der Waals surface area contributed by atoms with Gasteiger partial charge in [-0.25, -0.2) is 4.79 Å². The molecular formula is C16H20ClNO2. The fourth-order valence-corrected chi connectivity index (χ4v) is 3.72. The van der Waals surface area contributed by atoms with E-state index in [0.29, 0.717) is 10.7 Å². The number of carbonyl (C=O) groups is 1. The van der Waals surface area contributed by atoms with E-state index in [1.807, 2.05) is 12.1 Å². The van der Waals surface area contributed by atoms with E-state index in [2.05, 4.69) is 5.32 Å². The number of ether oxygens (including phenoxy) is 1. The van der Waals surface area contributed by atoms with Crippen LogP contribution in [0.2, 0.25) is 5.02 Å². The predicted octanol–water partition coefficient (Wildman–Crippen LogP) is 5.00. The molecule has 1 aromatic carbocycles. The molecule has 0 heterocycles. The lowest BCUT2D eigenvalue weighted by molar-refractivity contribution is -0.0890. The van der Waals surface area contributed by atoms with Gasteiger partial charge in [0.2, 0.25) is 0 Å². The second kappa shape index (κ2) is 5.65. The zero-order chi connectivity index (χ0) is 14.0. The van der Waals surface area contributed by atoms with Gasteiger partial charge in [0.05, 0.1) is 0 Å². The maximum absolute atomic E-state index is 12.0. The van der Waals surface area contributed by atoms with E-state index in [1.165, 1.54) is 38.5 Å². The maximum Gasteiger partial charge on any atom is 0.411 e. The molecular weight excluding hydrogens is 274 g/mol. The summed E-state index contributed by atoms with van der Waals surface area (Å²) in [5, 5.41) is 3.36. The summed E-state index contributed by atoms with van der Waals surface area (Å²) in [5.74, 6) is 0. The van der Waals surface area contributed by atoms with Gasteiger partial charge in [-0.15, -0.1) is 0 Å². The molecule has 2 aliphatic rings. The summed E-state index contributed by atoms with van der Waals surface area (Å²) in [4.78, 5) is 12.0. The number of amides is 1. The molecule has 4 heteroatoms. The number of benzene rings is 1. The van der Waals surface area contributed by atoms with Crippen LogP contribution in [0.3, 0.4) is 0 Å². The Bertz CT molecular complexity index is 497. The van der Waals surface area contributed by atoms with Crippen LogP contribution in [-0.4, -0.2) is 12.2 Å². The molecule has 1 N–H and O–H groups in total. The van der Waals surface area contributed by atoms with Gasteiger partial charge >= 0.3 is 6.09 Å². The molecule has 0 aliphatic heterocycles. The highest BCUT2D eigenvalue weighted by atomic mass is 35.5. The number of nitrogens with one attached hydrogen (secondary N) is 1. The first kappa shape index (κ1) is 13.7. The van der Waals surface area contributed by atoms with Crippen LogP contribution in [0.4, 0.5) is 10.5 Å². The second-order valence-electron chi connectivity index (χ2n) is 5.99. The number of carbonyl (C=O) groups excluding carboxylic acids is 1. The monoisotopic (exact) mass is 293 g/mol. The predicted molar refractivity (Wildman–Crippen MR) is 80.1 cm³/mol. The number of hydrogen-bond acceptors (Lipinski definition) is 2. The topological polar surface area (TPSA) is 38.3 Å². The molecule has 0 bridgehead atoms. The van der Waals surface area contributed by atoms with Gasteiger partial charge in [-0.3, -0.25) is 5.32 Å². The van der Waals surface area contributed by atoms with Gasteiger partial charge in [-0.2, -0.15) is 0 Å². The minimum absolute atomic E-state index is 0.0991. The second-order valence-corrected chi connectivity index (χ2v) is 6.43. The first-order chi connectivity index (χ1) is 9.68. The fourth-order valence-electron chi connectivity index (χ4n) is 3.52. The van der Waals surface area contributed by atoms with E-state index in [0.717, 1.165) is 6.42 Å². The molecule has 0 radical (unpaired) electrons. The fraction of sp³-hybridized carbons (Fsp3) is 0.562. The highest BCUT2D eigenvalue weighted by Gasteiger charge is 2.49. The Kier molecular flexibility index (Phi) is 3.88. The Morgan fingerprint density at radius 3 is 2.70 bits per heavy atom. The molecule has 1 spiro atoms. The molecule has 2 fully saturated rings. The molecule has 20 heavy (non-hydrogen) atoms. The highest BCUT2D eigenvalue weighted by molar-refractivity contribution is 6.30. The van der Waals surface area contributed by atoms with E-state index in [4.69, 9.17) is 16.3 Å². The number of halogens is 1. The number of hydrogen-bond donors (Lipinski definition) is 1. The van der Waals surface area contributed by atoms with Crippen LogP contribution < -0.4 is 5.32 Å². The van der Waals surface area contributed by atoms with E-state index in [9.17, 15) is 4.79 Å². The molecule has 3 nitrogen and oxygen atoms in total. The quantitative estimate of drug-likeness (QED) is 0.833. The molecule has 1 amide bonds. The Hall–Kier alpha value is -1.22. The molecule has 2 aliphatic carbocycles. The lowest BCUT2D eigenvalue weighted by atomic mass is 9.58. The van der Waals surface area contributed by atoms with Crippen LogP contribution in [0, 0.1) is 5.41 Å². The van der Waals surface area contributed by atoms with Gasteiger partial charge in [-0.1, -0.05) is 36.9 Å². The van der Waals surface area contributed by atoms with Gasteiger partial charge < -0.3 is 4.74 Å². The van der Waals surface area contributed by atoms with Crippen molar-refractivity contribution in [2.75, 3.05) is 5.32 Å². The van der Waals surface area contributed by atoms with Crippen LogP contribution in [0.5, 0.6) is 0 Å². The third-order valence-corrected chi connectivity index (χ3v) is 4.99. The third kappa shape index (κ3) is 2.78. The third-order valence-electron chi connectivity index (χ3n) is 4.76. The average Bonchev–Trinajstić information content (AvgIpc) is 2.45. The first-order valence-electron chi connectivity index (χ1n) is 7.41. The van der Waals surface area contributed by atoms with Gasteiger partial charge in [0, 0.05) is 16.1 Å². The van der Waals surface area contributed by atoms with Crippen LogP contribution in [0.15, 0.2) is 24.3 Å². The molecule has 1 aromatic rings. The Balaban J connectivity index is 1.56. The summed E-state index contributed by atoms with van der Waals surface area (Å²) in [6.07, 6.45) is 8.24. The molecule has 3 rings (SSSR count). The largest absolute Gasteiger partial charge is 0.445 e. The maximum atomic E-state index is 12.0. The Morgan fingerprint density at radius 2 is 2.05 bits per heavy atom. The molecule has 2 saturated carbocycles. The average molecular weight is 294 g/mol. The van der Waals surface area contributed by atoms with Crippen molar-refractivity contribution < 1.29 is 9.53 Å². The molecule has 0 saturated heterocycles. The van der Waals surface area contributed by atoms with Crippen molar-refractivity contribution in [3.8, 4) is 0 Å². The van der Waals surface area contributed by atoms with Gasteiger partial charge in [0.25, 0.3) is 0 Å². The van der Waals surface area contributed by atoms with Crippen LogP contribution in [0.1, 0.15) is 44.9 Å². The molecule has 0 unspecified atom stereocenters. The summed E-state index contributed by atoms with van der Waals surface area (Å²) in [5.41, 5.74) is 0.962. The smallest absolute Gasteiger partial charge is 0.411 e. The zero-order valence-corrected chi connectivity index (χ0v) is 12.3. The van der Waals surface area contributed by atoms with Crippen LogP contribution >= 0.6 is 11.6 Å². The lowest BCUT2D eigenvalue weighted by Gasteiger charge is -2.50. The normalized spacial score (nSPS) is 23.9. The summed E-state index contributed by atoms with van der Waals surface area (Å²) < 4.78 is 5.63. The first-order valence-corrected chi connectivity index (χ1v) is 7.79. The van der Waals surface area contributed by atoms with Crippen LogP contribution in [0.25, 0.3) is 0 Å². The SMILES string of the molecule is O=C(Nc1cccc(Cl)c1)O[C@H]1CCC12CCCCC2. The van der Waals surface area contributed by atoms with Gasteiger partial charge in [0.1, 0.15) is 6.10 Å². The summed E-state index contributed by atoms with van der Waals surface area (Å²) in [6, 6.07) is 7.12. The van der Waals surface area contributed by atoms with Crippen LogP contribution in [-0.2, 0) is 4.74 Å². The van der Waals surface area contributed by atoms with E-state index < -0.39 is 0 Å². The van der Waals surface area contributed by atoms with Gasteiger partial charge in [-0.05, 0) is 43.9 Å². The Labute approximate surface area is 124 Å². The van der Waals surface area contributed by atoms with Crippen molar-refractivity contribution >= 4 is 23.4 Å². The van der Waals surface area contributed by atoms with Crippen molar-refractivity contribution in [1.82, 2.24) is 0 Å². The van der Waals surface area contributed by atoms with Crippen molar-refractivity contribution in [3.63, 3.8) is 0 Å². The molecule has 1 atom stereocenters. The van der Waals surface area contributed by atoms with Crippen molar-refractivity contribution in [2.45, 2.75) is 51.0 Å². The van der Waals surface area contributed by atoms with E-state index in [1.54, 1.807) is 12.1 Å². The molecule has 108 valence electrons. The van der Waals surface area contributed by atoms with Gasteiger partial charge in [0.15, 0.2) is 0 Å². The Morgan fingerprint density at radius 1 is 1.25 bits per heavy atom. The van der Waals surface area contributed by atoms with Crippen molar-refractivity contribution in [1.29, 1.82) is 0 Å². The van der Waals surface area contributed by atoms with Crippen molar-refractivity contribution in [3.05, 3.63) is 29.3 Å². The summed E-state index contributed by atoms with van der Waals surface area (Å²) in [7, 11) is 0. The minimum atomic E-state index is -0.359. The van der Waals surface area contributed by atoms with Crippen molar-refractivity contribution in [2.24, 2.45) is 5.41 Å².